The van der Waals surface area contributed by atoms with E-state index in [1.165, 1.54) is 51.4 Å². The maximum Gasteiger partial charge on any atom is 0.317 e. The molecule has 0 radical (unpaired) electrons. The van der Waals surface area contributed by atoms with Gasteiger partial charge in [0.15, 0.2) is 0 Å². The summed E-state index contributed by atoms with van der Waals surface area (Å²) in [5.41, 5.74) is 0. The number of nitrogens with one attached hydrogen (secondary N) is 2. The molecule has 19 heavy (non-hydrogen) atoms. The van der Waals surface area contributed by atoms with Crippen LogP contribution in [0.3, 0.4) is 0 Å². The van der Waals surface area contributed by atoms with Gasteiger partial charge in [-0.1, -0.05) is 12.8 Å². The van der Waals surface area contributed by atoms with E-state index in [0.717, 1.165) is 19.6 Å². The topological polar surface area (TPSA) is 44.4 Å². The predicted molar refractivity (Wildman–Crippen MR) is 76.1 cm³/mol. The molecule has 3 aliphatic rings. The Labute approximate surface area is 116 Å². The lowest BCUT2D eigenvalue weighted by molar-refractivity contribution is 0.172. The monoisotopic (exact) mass is 265 g/mol. The first-order chi connectivity index (χ1) is 9.33. The summed E-state index contributed by atoms with van der Waals surface area (Å²) in [4.78, 5) is 14.6. The van der Waals surface area contributed by atoms with Crippen LogP contribution in [-0.2, 0) is 0 Å². The fraction of sp³-hybridized carbons (Fsp3) is 0.933. The summed E-state index contributed by atoms with van der Waals surface area (Å²) in [5, 5.41) is 6.66. The summed E-state index contributed by atoms with van der Waals surface area (Å²) in [6, 6.07) is 1.20. The quantitative estimate of drug-likeness (QED) is 0.817. The SMILES string of the molecule is O=C(NC1CCCC1)N(CC1CCNCC1)C1CC1. The van der Waals surface area contributed by atoms with Crippen LogP contribution < -0.4 is 10.6 Å². The van der Waals surface area contributed by atoms with Crippen LogP contribution in [-0.4, -0.2) is 42.6 Å². The molecule has 108 valence electrons. The largest absolute Gasteiger partial charge is 0.335 e. The molecular formula is C15H27N3O. The number of carbonyl (C=O) groups is 1. The highest BCUT2D eigenvalue weighted by atomic mass is 16.2. The number of nitrogens with zero attached hydrogens (tertiary/aromatic N) is 1. The Kier molecular flexibility index (Phi) is 4.26. The molecule has 2 saturated carbocycles. The van der Waals surface area contributed by atoms with Crippen molar-refractivity contribution in [2.75, 3.05) is 19.6 Å². The van der Waals surface area contributed by atoms with E-state index in [4.69, 9.17) is 0 Å². The molecular weight excluding hydrogens is 238 g/mol. The standard InChI is InChI=1S/C15H27N3O/c19-15(17-13-3-1-2-4-13)18(14-5-6-14)11-12-7-9-16-10-8-12/h12-14,16H,1-11H2,(H,17,19). The van der Waals surface area contributed by atoms with Gasteiger partial charge in [0.1, 0.15) is 0 Å². The van der Waals surface area contributed by atoms with E-state index in [9.17, 15) is 4.79 Å². The molecule has 4 heteroatoms. The van der Waals surface area contributed by atoms with Gasteiger partial charge in [0.25, 0.3) is 0 Å². The van der Waals surface area contributed by atoms with Gasteiger partial charge >= 0.3 is 6.03 Å². The van der Waals surface area contributed by atoms with Crippen molar-refractivity contribution in [2.24, 2.45) is 5.92 Å². The second kappa shape index (κ2) is 6.12. The van der Waals surface area contributed by atoms with Gasteiger partial charge in [-0.2, -0.15) is 0 Å². The molecule has 1 aliphatic heterocycles. The molecule has 2 N–H and O–H groups in total. The first-order valence-corrected chi connectivity index (χ1v) is 8.11. The molecule has 0 aromatic carbocycles. The van der Waals surface area contributed by atoms with Crippen molar-refractivity contribution in [3.8, 4) is 0 Å². The Morgan fingerprint density at radius 1 is 1.05 bits per heavy atom. The van der Waals surface area contributed by atoms with E-state index in [2.05, 4.69) is 15.5 Å². The van der Waals surface area contributed by atoms with Crippen LogP contribution in [0.25, 0.3) is 0 Å². The normalized spacial score (nSPS) is 25.5. The number of carbonyl (C=O) groups excluding carboxylic acids is 1. The Morgan fingerprint density at radius 3 is 2.37 bits per heavy atom. The van der Waals surface area contributed by atoms with Gasteiger partial charge < -0.3 is 15.5 Å². The summed E-state index contributed by atoms with van der Waals surface area (Å²) in [5.74, 6) is 0.705. The Bertz CT molecular complexity index is 305. The van der Waals surface area contributed by atoms with Crippen LogP contribution >= 0.6 is 0 Å². The first-order valence-electron chi connectivity index (χ1n) is 8.11. The number of hydrogen-bond donors (Lipinski definition) is 2. The van der Waals surface area contributed by atoms with Crippen molar-refractivity contribution >= 4 is 6.03 Å². The number of amides is 2. The first kappa shape index (κ1) is 13.2. The van der Waals surface area contributed by atoms with E-state index in [0.29, 0.717) is 18.0 Å². The lowest BCUT2D eigenvalue weighted by Gasteiger charge is -2.31. The third-order valence-electron chi connectivity index (χ3n) is 4.84. The van der Waals surface area contributed by atoms with Crippen LogP contribution in [0.1, 0.15) is 51.4 Å². The fourth-order valence-electron chi connectivity index (χ4n) is 3.45. The van der Waals surface area contributed by atoms with Gasteiger partial charge in [-0.05, 0) is 57.5 Å². The van der Waals surface area contributed by atoms with Gasteiger partial charge in [0, 0.05) is 18.6 Å². The van der Waals surface area contributed by atoms with E-state index in [-0.39, 0.29) is 6.03 Å². The van der Waals surface area contributed by atoms with E-state index in [1.807, 2.05) is 0 Å². The zero-order valence-corrected chi connectivity index (χ0v) is 11.9. The van der Waals surface area contributed by atoms with Gasteiger partial charge in [-0.15, -0.1) is 0 Å². The molecule has 0 atom stereocenters. The average Bonchev–Trinajstić information content (AvgIpc) is 3.15. The minimum absolute atomic E-state index is 0.216. The maximum absolute atomic E-state index is 12.5. The van der Waals surface area contributed by atoms with E-state index < -0.39 is 0 Å². The highest BCUT2D eigenvalue weighted by Gasteiger charge is 2.35. The van der Waals surface area contributed by atoms with Gasteiger partial charge in [0.05, 0.1) is 0 Å². The third-order valence-corrected chi connectivity index (χ3v) is 4.84. The van der Waals surface area contributed by atoms with Crippen LogP contribution in [0.5, 0.6) is 0 Å². The van der Waals surface area contributed by atoms with Crippen LogP contribution in [0, 0.1) is 5.92 Å². The van der Waals surface area contributed by atoms with Gasteiger partial charge in [-0.3, -0.25) is 0 Å². The molecule has 0 bridgehead atoms. The van der Waals surface area contributed by atoms with Crippen molar-refractivity contribution < 1.29 is 4.79 Å². The zero-order chi connectivity index (χ0) is 13.1. The van der Waals surface area contributed by atoms with E-state index in [1.54, 1.807) is 0 Å². The van der Waals surface area contributed by atoms with E-state index >= 15 is 0 Å². The number of rotatable bonds is 4. The number of urea groups is 1. The molecule has 1 saturated heterocycles. The van der Waals surface area contributed by atoms with Crippen molar-refractivity contribution in [1.82, 2.24) is 15.5 Å². The average molecular weight is 265 g/mol. The minimum atomic E-state index is 0.216. The molecule has 2 aliphatic carbocycles. The summed E-state index contributed by atoms with van der Waals surface area (Å²) in [6.45, 7) is 3.21. The summed E-state index contributed by atoms with van der Waals surface area (Å²) >= 11 is 0. The number of hydrogen-bond acceptors (Lipinski definition) is 2. The molecule has 0 unspecified atom stereocenters. The molecule has 0 aromatic heterocycles. The Morgan fingerprint density at radius 2 is 1.74 bits per heavy atom. The number of piperidine rings is 1. The fourth-order valence-corrected chi connectivity index (χ4v) is 3.45. The van der Waals surface area contributed by atoms with Crippen LogP contribution in [0.15, 0.2) is 0 Å². The predicted octanol–water partition coefficient (Wildman–Crippen LogP) is 2.10. The lowest BCUT2D eigenvalue weighted by atomic mass is 9.97. The second-order valence-corrected chi connectivity index (χ2v) is 6.51. The van der Waals surface area contributed by atoms with Crippen molar-refractivity contribution in [1.29, 1.82) is 0 Å². The second-order valence-electron chi connectivity index (χ2n) is 6.51. The highest BCUT2D eigenvalue weighted by molar-refractivity contribution is 5.75. The molecule has 0 aromatic rings. The van der Waals surface area contributed by atoms with Gasteiger partial charge in [0.2, 0.25) is 0 Å². The summed E-state index contributed by atoms with van der Waals surface area (Å²) in [7, 11) is 0. The lowest BCUT2D eigenvalue weighted by Crippen LogP contribution is -2.48. The molecule has 1 heterocycles. The Balaban J connectivity index is 1.52. The summed E-state index contributed by atoms with van der Waals surface area (Å²) < 4.78 is 0. The van der Waals surface area contributed by atoms with Crippen molar-refractivity contribution in [3.05, 3.63) is 0 Å². The van der Waals surface area contributed by atoms with Crippen LogP contribution in [0.4, 0.5) is 4.79 Å². The highest BCUT2D eigenvalue weighted by Crippen LogP contribution is 2.29. The molecule has 3 rings (SSSR count). The molecule has 3 fully saturated rings. The Hall–Kier alpha value is -0.770. The van der Waals surface area contributed by atoms with Gasteiger partial charge in [-0.25, -0.2) is 4.79 Å². The smallest absolute Gasteiger partial charge is 0.317 e. The molecule has 0 spiro atoms. The maximum atomic E-state index is 12.5. The zero-order valence-electron chi connectivity index (χ0n) is 11.9. The molecule has 4 nitrogen and oxygen atoms in total. The summed E-state index contributed by atoms with van der Waals surface area (Å²) in [6.07, 6.45) is 9.78. The third kappa shape index (κ3) is 3.62. The van der Waals surface area contributed by atoms with Crippen molar-refractivity contribution in [3.63, 3.8) is 0 Å². The van der Waals surface area contributed by atoms with Crippen molar-refractivity contribution in [2.45, 2.75) is 63.5 Å². The van der Waals surface area contributed by atoms with Crippen LogP contribution in [0.2, 0.25) is 0 Å². The minimum Gasteiger partial charge on any atom is -0.335 e. The molecule has 2 amide bonds.